The Bertz CT molecular complexity index is 628. The highest BCUT2D eigenvalue weighted by Gasteiger charge is 2.26. The molecule has 6 nitrogen and oxygen atoms in total. The number of carbonyl (C=O) groups is 1. The molecular weight excluding hydrogens is 328 g/mol. The van der Waals surface area contributed by atoms with Gasteiger partial charge >= 0.3 is 6.09 Å². The van der Waals surface area contributed by atoms with Crippen LogP contribution in [0.2, 0.25) is 5.15 Å². The maximum absolute atomic E-state index is 12.0. The first-order chi connectivity index (χ1) is 11.3. The minimum Gasteiger partial charge on any atom is -0.444 e. The third-order valence-electron chi connectivity index (χ3n) is 3.76. The lowest BCUT2D eigenvalue weighted by molar-refractivity contribution is 0.0188. The van der Waals surface area contributed by atoms with Crippen LogP contribution in [0.25, 0.3) is 0 Å². The van der Waals surface area contributed by atoms with Gasteiger partial charge in [-0.1, -0.05) is 11.6 Å². The fourth-order valence-corrected chi connectivity index (χ4v) is 2.76. The lowest BCUT2D eigenvalue weighted by Gasteiger charge is -2.33. The number of nitrogens with zero attached hydrogens (tertiary/aromatic N) is 3. The number of hydrogen-bond acceptors (Lipinski definition) is 5. The van der Waals surface area contributed by atoms with Crippen molar-refractivity contribution in [2.24, 2.45) is 5.92 Å². The minimum absolute atomic E-state index is 0.246. The monoisotopic (exact) mass is 350 g/mol. The third-order valence-corrected chi connectivity index (χ3v) is 3.95. The van der Waals surface area contributed by atoms with E-state index in [1.807, 2.05) is 20.8 Å². The molecule has 1 saturated heterocycles. The molecule has 1 aliphatic rings. The molecular formula is C17H23ClN4O2. The van der Waals surface area contributed by atoms with Gasteiger partial charge in [0.1, 0.15) is 16.6 Å². The zero-order valence-electron chi connectivity index (χ0n) is 14.3. The first kappa shape index (κ1) is 18.3. The van der Waals surface area contributed by atoms with Crippen molar-refractivity contribution in [1.82, 2.24) is 9.88 Å². The summed E-state index contributed by atoms with van der Waals surface area (Å²) in [6.07, 6.45) is 1.56. The Morgan fingerprint density at radius 2 is 2.12 bits per heavy atom. The molecule has 0 aromatic carbocycles. The number of ether oxygens (including phenoxy) is 1. The van der Waals surface area contributed by atoms with Gasteiger partial charge in [0.15, 0.2) is 0 Å². The lowest BCUT2D eigenvalue weighted by atomic mass is 9.97. The summed E-state index contributed by atoms with van der Waals surface area (Å²) in [5.74, 6) is 1.05. The van der Waals surface area contributed by atoms with Crippen LogP contribution in [0.3, 0.4) is 0 Å². The van der Waals surface area contributed by atoms with Gasteiger partial charge < -0.3 is 15.0 Å². The van der Waals surface area contributed by atoms with Gasteiger partial charge in [-0.15, -0.1) is 0 Å². The molecule has 0 bridgehead atoms. The molecule has 0 atom stereocenters. The van der Waals surface area contributed by atoms with Crippen molar-refractivity contribution in [3.8, 4) is 6.07 Å². The standard InChI is InChI=1S/C17H23ClN4O2/c1-17(2,3)24-16(23)22-6-4-12(5-7-22)11-20-15-9-13(10-19)8-14(18)21-15/h8-9,12H,4-7,11H2,1-3H3,(H,20,21). The number of nitrogens with one attached hydrogen (secondary N) is 1. The first-order valence-electron chi connectivity index (χ1n) is 8.06. The number of halogens is 1. The number of anilines is 1. The van der Waals surface area contributed by atoms with E-state index in [1.165, 1.54) is 6.07 Å². The largest absolute Gasteiger partial charge is 0.444 e. The summed E-state index contributed by atoms with van der Waals surface area (Å²) in [6.45, 7) is 7.72. The van der Waals surface area contributed by atoms with E-state index in [1.54, 1.807) is 11.0 Å². The van der Waals surface area contributed by atoms with Crippen LogP contribution in [-0.4, -0.2) is 41.2 Å². The smallest absolute Gasteiger partial charge is 0.410 e. The van der Waals surface area contributed by atoms with E-state index in [0.717, 1.165) is 19.4 Å². The molecule has 1 aromatic heterocycles. The molecule has 0 unspecified atom stereocenters. The SMILES string of the molecule is CC(C)(C)OC(=O)N1CCC(CNc2cc(C#N)cc(Cl)n2)CC1. The van der Waals surface area contributed by atoms with Crippen molar-refractivity contribution >= 4 is 23.5 Å². The number of amides is 1. The highest BCUT2D eigenvalue weighted by atomic mass is 35.5. The Balaban J connectivity index is 1.80. The number of carbonyl (C=O) groups excluding carboxylic acids is 1. The van der Waals surface area contributed by atoms with Crippen molar-refractivity contribution < 1.29 is 9.53 Å². The highest BCUT2D eigenvalue weighted by Crippen LogP contribution is 2.21. The molecule has 0 spiro atoms. The van der Waals surface area contributed by atoms with Crippen LogP contribution in [0.5, 0.6) is 0 Å². The Labute approximate surface area is 147 Å². The molecule has 0 aliphatic carbocycles. The van der Waals surface area contributed by atoms with Crippen LogP contribution in [0.15, 0.2) is 12.1 Å². The maximum Gasteiger partial charge on any atom is 0.410 e. The summed E-state index contributed by atoms with van der Waals surface area (Å²) < 4.78 is 5.40. The maximum atomic E-state index is 12.0. The van der Waals surface area contributed by atoms with Gasteiger partial charge in [-0.05, 0) is 51.7 Å². The van der Waals surface area contributed by atoms with Gasteiger partial charge in [-0.3, -0.25) is 0 Å². The Morgan fingerprint density at radius 1 is 1.46 bits per heavy atom. The Morgan fingerprint density at radius 3 is 2.71 bits per heavy atom. The van der Waals surface area contributed by atoms with Gasteiger partial charge in [0.2, 0.25) is 0 Å². The number of hydrogen-bond donors (Lipinski definition) is 1. The quantitative estimate of drug-likeness (QED) is 0.841. The molecule has 1 fully saturated rings. The zero-order valence-corrected chi connectivity index (χ0v) is 15.1. The van der Waals surface area contributed by atoms with Gasteiger partial charge in [0, 0.05) is 19.6 Å². The van der Waals surface area contributed by atoms with Crippen molar-refractivity contribution in [2.45, 2.75) is 39.2 Å². The molecule has 7 heteroatoms. The molecule has 0 radical (unpaired) electrons. The van der Waals surface area contributed by atoms with E-state index in [2.05, 4.69) is 16.4 Å². The summed E-state index contributed by atoms with van der Waals surface area (Å²) >= 11 is 5.90. The summed E-state index contributed by atoms with van der Waals surface area (Å²) in [5.41, 5.74) is 0.0175. The summed E-state index contributed by atoms with van der Waals surface area (Å²) in [6, 6.07) is 5.28. The van der Waals surface area contributed by atoms with Crippen molar-refractivity contribution in [1.29, 1.82) is 5.26 Å². The average Bonchev–Trinajstić information content (AvgIpc) is 2.51. The summed E-state index contributed by atoms with van der Waals surface area (Å²) in [4.78, 5) is 18.0. The van der Waals surface area contributed by atoms with Crippen LogP contribution in [0, 0.1) is 17.2 Å². The molecule has 0 saturated carbocycles. The molecule has 1 aromatic rings. The van der Waals surface area contributed by atoms with Gasteiger partial charge in [0.25, 0.3) is 0 Å². The number of aromatic nitrogens is 1. The average molecular weight is 351 g/mol. The van der Waals surface area contributed by atoms with Crippen molar-refractivity contribution in [3.05, 3.63) is 22.8 Å². The van der Waals surface area contributed by atoms with Gasteiger partial charge in [-0.2, -0.15) is 5.26 Å². The van der Waals surface area contributed by atoms with Gasteiger partial charge in [0.05, 0.1) is 11.6 Å². The van der Waals surface area contributed by atoms with E-state index in [-0.39, 0.29) is 6.09 Å². The van der Waals surface area contributed by atoms with E-state index < -0.39 is 5.60 Å². The zero-order chi connectivity index (χ0) is 17.7. The normalized spacial score (nSPS) is 15.7. The fourth-order valence-electron chi connectivity index (χ4n) is 2.55. The van der Waals surface area contributed by atoms with E-state index in [9.17, 15) is 4.79 Å². The predicted molar refractivity (Wildman–Crippen MR) is 93.0 cm³/mol. The fraction of sp³-hybridized carbons (Fsp3) is 0.588. The van der Waals surface area contributed by atoms with E-state index in [0.29, 0.717) is 35.5 Å². The van der Waals surface area contributed by atoms with Crippen molar-refractivity contribution in [2.75, 3.05) is 25.0 Å². The van der Waals surface area contributed by atoms with Crippen LogP contribution >= 0.6 is 11.6 Å². The number of nitriles is 1. The second kappa shape index (κ2) is 7.71. The number of piperidine rings is 1. The Hall–Kier alpha value is -2.00. The van der Waals surface area contributed by atoms with Crippen LogP contribution in [0.4, 0.5) is 10.6 Å². The second-order valence-corrected chi connectivity index (χ2v) is 7.35. The first-order valence-corrected chi connectivity index (χ1v) is 8.44. The Kier molecular flexibility index (Phi) is 5.89. The topological polar surface area (TPSA) is 78.2 Å². The summed E-state index contributed by atoms with van der Waals surface area (Å²) in [5, 5.41) is 12.5. The molecule has 1 amide bonds. The number of likely N-dealkylation sites (tertiary alicyclic amines) is 1. The molecule has 1 aliphatic heterocycles. The highest BCUT2D eigenvalue weighted by molar-refractivity contribution is 6.29. The third kappa shape index (κ3) is 5.57. The predicted octanol–water partition coefficient (Wildman–Crippen LogP) is 3.67. The number of rotatable bonds is 3. The lowest BCUT2D eigenvalue weighted by Crippen LogP contribution is -2.42. The second-order valence-electron chi connectivity index (χ2n) is 6.97. The summed E-state index contributed by atoms with van der Waals surface area (Å²) in [7, 11) is 0. The van der Waals surface area contributed by atoms with Crippen molar-refractivity contribution in [3.63, 3.8) is 0 Å². The molecule has 2 rings (SSSR count). The van der Waals surface area contributed by atoms with Crippen LogP contribution in [0.1, 0.15) is 39.2 Å². The van der Waals surface area contributed by atoms with E-state index in [4.69, 9.17) is 21.6 Å². The molecule has 2 heterocycles. The van der Waals surface area contributed by atoms with Gasteiger partial charge in [-0.25, -0.2) is 9.78 Å². The molecule has 1 N–H and O–H groups in total. The number of pyridine rings is 1. The molecule has 24 heavy (non-hydrogen) atoms. The molecule has 130 valence electrons. The minimum atomic E-state index is -0.466. The van der Waals surface area contributed by atoms with Crippen LogP contribution < -0.4 is 5.32 Å². The van der Waals surface area contributed by atoms with Crippen LogP contribution in [-0.2, 0) is 4.74 Å². The van der Waals surface area contributed by atoms with E-state index >= 15 is 0 Å².